The number of unbranched alkanes of at least 4 members (excludes halogenated alkanes) is 4. The average Bonchev–Trinajstić information content (AvgIpc) is 3.63. The topological polar surface area (TPSA) is 96.8 Å². The van der Waals surface area contributed by atoms with Crippen molar-refractivity contribution in [2.45, 2.75) is 63.6 Å². The first-order chi connectivity index (χ1) is 23.9. The van der Waals surface area contributed by atoms with Gasteiger partial charge < -0.3 is 18.9 Å². The van der Waals surface area contributed by atoms with Crippen LogP contribution in [0.15, 0.2) is 111 Å². The van der Waals surface area contributed by atoms with Crippen LogP contribution in [0.4, 0.5) is 0 Å². The number of fused-ring (bicyclic) bond motifs is 1. The summed E-state index contributed by atoms with van der Waals surface area (Å²) in [6.07, 6.45) is 10.9. The minimum atomic E-state index is -0.438. The van der Waals surface area contributed by atoms with Gasteiger partial charge in [-0.2, -0.15) is 8.75 Å². The number of carbonyl (C=O) groups excluding carboxylic acids is 2. The molecule has 49 heavy (non-hydrogen) atoms. The highest BCUT2D eigenvalue weighted by atomic mass is 32.1. The van der Waals surface area contributed by atoms with Crippen LogP contribution in [0.2, 0.25) is 0 Å². The van der Waals surface area contributed by atoms with E-state index in [-0.39, 0.29) is 11.9 Å². The maximum absolute atomic E-state index is 11.9. The molecule has 0 saturated heterocycles. The Balaban J connectivity index is 1.23. The van der Waals surface area contributed by atoms with Gasteiger partial charge in [-0.3, -0.25) is 9.59 Å². The van der Waals surface area contributed by atoms with Crippen molar-refractivity contribution in [2.75, 3.05) is 13.2 Å². The SMILES string of the molecule is C=CC(C=C)OC(=O)CCCCCOc1ccc(-c2ccc(-c3ccc(OCCCCCC(=O)OC(C=C)C=C)cc3)c3nsnc23)cc1. The highest BCUT2D eigenvalue weighted by Gasteiger charge is 2.14. The van der Waals surface area contributed by atoms with Gasteiger partial charge in [-0.1, -0.05) is 62.7 Å². The number of benzene rings is 3. The molecule has 8 nitrogen and oxygen atoms in total. The Kier molecular flexibility index (Phi) is 14.8. The van der Waals surface area contributed by atoms with Gasteiger partial charge in [0.2, 0.25) is 0 Å². The predicted octanol–water partition coefficient (Wildman–Crippen LogP) is 9.47. The first kappa shape index (κ1) is 36.8. The largest absolute Gasteiger partial charge is 0.494 e. The van der Waals surface area contributed by atoms with Crippen LogP contribution in [-0.2, 0) is 19.1 Å². The molecule has 4 aromatic rings. The molecule has 1 aromatic heterocycles. The molecule has 0 spiro atoms. The summed E-state index contributed by atoms with van der Waals surface area (Å²) >= 11 is 1.20. The molecule has 0 bridgehead atoms. The number of hydrogen-bond donors (Lipinski definition) is 0. The Bertz CT molecular complexity index is 1560. The van der Waals surface area contributed by atoms with Crippen molar-refractivity contribution in [1.29, 1.82) is 0 Å². The molecule has 3 aromatic carbocycles. The maximum atomic E-state index is 11.9. The van der Waals surface area contributed by atoms with Gasteiger partial charge in [0, 0.05) is 24.0 Å². The zero-order valence-electron chi connectivity index (χ0n) is 27.9. The molecule has 9 heteroatoms. The van der Waals surface area contributed by atoms with E-state index >= 15 is 0 Å². The lowest BCUT2D eigenvalue weighted by molar-refractivity contribution is -0.146. The molecule has 0 saturated carbocycles. The monoisotopic (exact) mass is 680 g/mol. The molecule has 0 amide bonds. The van der Waals surface area contributed by atoms with Crippen LogP contribution in [0.3, 0.4) is 0 Å². The second-order valence-electron chi connectivity index (χ2n) is 11.3. The number of hydrogen-bond acceptors (Lipinski definition) is 9. The Morgan fingerprint density at radius 1 is 0.571 bits per heavy atom. The second kappa shape index (κ2) is 19.7. The number of rotatable bonds is 22. The third-order valence-corrected chi connectivity index (χ3v) is 8.33. The van der Waals surface area contributed by atoms with Crippen molar-refractivity contribution in [2.24, 2.45) is 0 Å². The highest BCUT2D eigenvalue weighted by Crippen LogP contribution is 2.35. The molecule has 4 rings (SSSR count). The molecule has 1 heterocycles. The first-order valence-corrected chi connectivity index (χ1v) is 17.3. The van der Waals surface area contributed by atoms with E-state index in [9.17, 15) is 9.59 Å². The Morgan fingerprint density at radius 3 is 1.33 bits per heavy atom. The molecule has 0 aliphatic carbocycles. The Labute approximate surface area is 293 Å². The molecular formula is C40H44N2O6S. The summed E-state index contributed by atoms with van der Waals surface area (Å²) in [6.45, 7) is 15.6. The second-order valence-corrected chi connectivity index (χ2v) is 11.9. The molecule has 0 N–H and O–H groups in total. The van der Waals surface area contributed by atoms with Gasteiger partial charge in [0.1, 0.15) is 34.7 Å². The quantitative estimate of drug-likeness (QED) is 0.0460. The fraction of sp³-hybridized carbons (Fsp3) is 0.300. The van der Waals surface area contributed by atoms with Crippen molar-refractivity contribution in [1.82, 2.24) is 8.75 Å². The van der Waals surface area contributed by atoms with Gasteiger partial charge in [0.25, 0.3) is 0 Å². The Hall–Kier alpha value is -5.02. The lowest BCUT2D eigenvalue weighted by atomic mass is 9.98. The van der Waals surface area contributed by atoms with E-state index in [0.717, 1.165) is 83.3 Å². The molecule has 0 aliphatic rings. The van der Waals surface area contributed by atoms with Gasteiger partial charge in [-0.05, 0) is 98.2 Å². The van der Waals surface area contributed by atoms with Crippen LogP contribution in [0.25, 0.3) is 33.3 Å². The lowest BCUT2D eigenvalue weighted by Crippen LogP contribution is -2.13. The smallest absolute Gasteiger partial charge is 0.306 e. The summed E-state index contributed by atoms with van der Waals surface area (Å²) in [7, 11) is 0. The summed E-state index contributed by atoms with van der Waals surface area (Å²) in [5.74, 6) is 1.10. The fourth-order valence-corrected chi connectivity index (χ4v) is 5.65. The zero-order valence-corrected chi connectivity index (χ0v) is 28.7. The summed E-state index contributed by atoms with van der Waals surface area (Å²) in [6, 6.07) is 20.2. The van der Waals surface area contributed by atoms with E-state index in [2.05, 4.69) is 47.2 Å². The number of carbonyl (C=O) groups is 2. The number of aromatic nitrogens is 2. The van der Waals surface area contributed by atoms with Gasteiger partial charge in [-0.15, -0.1) is 0 Å². The third kappa shape index (κ3) is 11.3. The van der Waals surface area contributed by atoms with E-state index in [1.165, 1.54) is 11.7 Å². The van der Waals surface area contributed by atoms with Crippen molar-refractivity contribution in [3.8, 4) is 33.8 Å². The van der Waals surface area contributed by atoms with Gasteiger partial charge in [0.15, 0.2) is 0 Å². The van der Waals surface area contributed by atoms with E-state index in [4.69, 9.17) is 18.9 Å². The summed E-state index contributed by atoms with van der Waals surface area (Å²) in [5, 5.41) is 0. The van der Waals surface area contributed by atoms with Crippen LogP contribution in [0.1, 0.15) is 51.4 Å². The highest BCUT2D eigenvalue weighted by molar-refractivity contribution is 7.00. The van der Waals surface area contributed by atoms with Crippen molar-refractivity contribution < 1.29 is 28.5 Å². The minimum Gasteiger partial charge on any atom is -0.494 e. The van der Waals surface area contributed by atoms with Gasteiger partial charge in [-0.25, -0.2) is 0 Å². The van der Waals surface area contributed by atoms with E-state index in [1.807, 2.05) is 48.5 Å². The Morgan fingerprint density at radius 2 is 0.959 bits per heavy atom. The predicted molar refractivity (Wildman–Crippen MR) is 197 cm³/mol. The molecule has 0 aliphatic heterocycles. The van der Waals surface area contributed by atoms with Crippen LogP contribution in [0.5, 0.6) is 11.5 Å². The number of ether oxygens (including phenoxy) is 4. The average molecular weight is 681 g/mol. The molecule has 256 valence electrons. The summed E-state index contributed by atoms with van der Waals surface area (Å²) in [5.41, 5.74) is 5.80. The lowest BCUT2D eigenvalue weighted by Gasteiger charge is -2.11. The number of esters is 2. The first-order valence-electron chi connectivity index (χ1n) is 16.6. The van der Waals surface area contributed by atoms with Gasteiger partial charge >= 0.3 is 11.9 Å². The van der Waals surface area contributed by atoms with E-state index in [0.29, 0.717) is 26.1 Å². The molecule has 0 unspecified atom stereocenters. The third-order valence-electron chi connectivity index (χ3n) is 7.80. The molecule has 0 radical (unpaired) electrons. The van der Waals surface area contributed by atoms with Crippen LogP contribution in [0, 0.1) is 0 Å². The molecule has 0 fully saturated rings. The minimum absolute atomic E-state index is 0.244. The summed E-state index contributed by atoms with van der Waals surface area (Å²) < 4.78 is 31.6. The van der Waals surface area contributed by atoms with Crippen molar-refractivity contribution >= 4 is 34.7 Å². The van der Waals surface area contributed by atoms with E-state index in [1.54, 1.807) is 24.3 Å². The standard InChI is InChI=1S/C40H44N2O6S/c1-5-31(6-2)47-37(43)15-11-9-13-27-45-33-21-17-29(18-22-33)35-25-26-36(40-39(35)41-49-42-40)30-19-23-34(24-20-30)46-28-14-10-12-16-38(44)48-32(7-3)8-4/h5-8,17-26,31-32H,1-4,9-16,27-28H2. The summed E-state index contributed by atoms with van der Waals surface area (Å²) in [4.78, 5) is 23.7. The molecular weight excluding hydrogens is 637 g/mol. The van der Waals surface area contributed by atoms with Crippen LogP contribution >= 0.6 is 11.7 Å². The van der Waals surface area contributed by atoms with Crippen LogP contribution < -0.4 is 9.47 Å². The fourth-order valence-electron chi connectivity index (χ4n) is 5.08. The zero-order chi connectivity index (χ0) is 34.8. The van der Waals surface area contributed by atoms with Gasteiger partial charge in [0.05, 0.1) is 24.9 Å². The number of nitrogens with zero attached hydrogens (tertiary/aromatic N) is 2. The normalized spacial score (nSPS) is 10.9. The van der Waals surface area contributed by atoms with Crippen molar-refractivity contribution in [3.05, 3.63) is 111 Å². The van der Waals surface area contributed by atoms with E-state index < -0.39 is 12.2 Å². The maximum Gasteiger partial charge on any atom is 0.306 e. The van der Waals surface area contributed by atoms with Crippen molar-refractivity contribution in [3.63, 3.8) is 0 Å². The van der Waals surface area contributed by atoms with Crippen LogP contribution in [-0.4, -0.2) is 46.1 Å². The molecule has 0 atom stereocenters.